The van der Waals surface area contributed by atoms with Crippen molar-refractivity contribution < 1.29 is 38.6 Å². The summed E-state index contributed by atoms with van der Waals surface area (Å²) in [6, 6.07) is 8.94. The van der Waals surface area contributed by atoms with Crippen LogP contribution < -0.4 is 5.32 Å². The summed E-state index contributed by atoms with van der Waals surface area (Å²) < 4.78 is 16.9. The first-order chi connectivity index (χ1) is 17.6. The molecular formula is C23H30N5O8P. The van der Waals surface area contributed by atoms with Gasteiger partial charge < -0.3 is 34.7 Å². The Hall–Kier alpha value is -3.38. The highest BCUT2D eigenvalue weighted by molar-refractivity contribution is 7.51. The predicted molar refractivity (Wildman–Crippen MR) is 132 cm³/mol. The van der Waals surface area contributed by atoms with Gasteiger partial charge in [-0.15, -0.1) is 0 Å². The van der Waals surface area contributed by atoms with E-state index in [2.05, 4.69) is 15.3 Å². The Morgan fingerprint density at radius 2 is 1.73 bits per heavy atom. The van der Waals surface area contributed by atoms with E-state index in [9.17, 15) is 28.7 Å². The molecule has 3 rings (SSSR count). The average molecular weight is 535 g/mol. The Kier molecular flexibility index (Phi) is 9.70. The first kappa shape index (κ1) is 28.2. The molecular weight excluding hydrogens is 505 g/mol. The Balaban J connectivity index is 1.84. The minimum atomic E-state index is -4.70. The zero-order valence-corrected chi connectivity index (χ0v) is 21.2. The molecule has 1 fully saturated rings. The minimum absolute atomic E-state index is 0.0357. The summed E-state index contributed by atoms with van der Waals surface area (Å²) >= 11 is 0. The molecule has 13 nitrogen and oxygen atoms in total. The number of piperazine rings is 1. The summed E-state index contributed by atoms with van der Waals surface area (Å²) in [6.07, 6.45) is -0.889. The highest BCUT2D eigenvalue weighted by Crippen LogP contribution is 2.35. The Bertz CT molecular complexity index is 1150. The lowest BCUT2D eigenvalue weighted by atomic mass is 10.1. The quantitative estimate of drug-likeness (QED) is 0.251. The number of hydrogen-bond acceptors (Lipinski definition) is 7. The van der Waals surface area contributed by atoms with E-state index in [0.29, 0.717) is 36.5 Å². The van der Waals surface area contributed by atoms with E-state index in [1.54, 1.807) is 31.4 Å². The number of aryl methyl sites for hydroxylation is 1. The maximum atomic E-state index is 13.2. The van der Waals surface area contributed by atoms with Crippen LogP contribution in [0.15, 0.2) is 36.4 Å². The van der Waals surface area contributed by atoms with Crippen LogP contribution in [0.25, 0.3) is 11.4 Å². The number of rotatable bonds is 10. The largest absolute Gasteiger partial charge is 0.465 e. The molecule has 4 N–H and O–H groups in total. The summed E-state index contributed by atoms with van der Waals surface area (Å²) in [5.41, 5.74) is 1.18. The van der Waals surface area contributed by atoms with Crippen LogP contribution in [0.4, 0.5) is 4.79 Å². The van der Waals surface area contributed by atoms with E-state index in [-0.39, 0.29) is 31.9 Å². The molecule has 0 aliphatic carbocycles. The number of nitrogens with one attached hydrogen (secondary N) is 1. The molecule has 0 saturated carbocycles. The van der Waals surface area contributed by atoms with Crippen LogP contribution in [-0.4, -0.2) is 105 Å². The van der Waals surface area contributed by atoms with Crippen LogP contribution in [0.5, 0.6) is 0 Å². The Morgan fingerprint density at radius 1 is 1.08 bits per heavy atom. The molecule has 0 unspecified atom stereocenters. The van der Waals surface area contributed by atoms with E-state index in [4.69, 9.17) is 9.84 Å². The number of methoxy groups -OCH3 is 1. The summed E-state index contributed by atoms with van der Waals surface area (Å²) in [4.78, 5) is 67.8. The molecule has 1 aromatic carbocycles. The van der Waals surface area contributed by atoms with Crippen molar-refractivity contribution in [1.29, 1.82) is 0 Å². The summed E-state index contributed by atoms with van der Waals surface area (Å²) in [7, 11) is -3.12. The number of nitrogens with zero attached hydrogens (tertiary/aromatic N) is 4. The Morgan fingerprint density at radius 3 is 2.32 bits per heavy atom. The van der Waals surface area contributed by atoms with Crippen LogP contribution in [0, 0.1) is 0 Å². The molecule has 1 atom stereocenters. The first-order valence-corrected chi connectivity index (χ1v) is 13.4. The van der Waals surface area contributed by atoms with Gasteiger partial charge in [0.15, 0.2) is 5.82 Å². The van der Waals surface area contributed by atoms with Crippen LogP contribution in [0.3, 0.4) is 0 Å². The van der Waals surface area contributed by atoms with Gasteiger partial charge in [0.25, 0.3) is 5.91 Å². The predicted octanol–water partition coefficient (Wildman–Crippen LogP) is 0.821. The van der Waals surface area contributed by atoms with Gasteiger partial charge in [-0.25, -0.2) is 14.8 Å². The minimum Gasteiger partial charge on any atom is -0.465 e. The smallest absolute Gasteiger partial charge is 0.407 e. The standard InChI is InChI=1S/C23H30N5O8P/c1-36-13-5-8-17-14-18(25-20(24-17)16-6-3-2-4-7-16)21(29)26-19(15-37(33,34)35)22(30)27-9-11-28(12-10-27)23(31)32/h2-4,6-7,14,19H,5,8-13,15H2,1H3,(H,26,29)(H,31,32)(H2,33,34,35)/t19-/m0/s1. The van der Waals surface area contributed by atoms with Crippen molar-refractivity contribution in [2.24, 2.45) is 0 Å². The van der Waals surface area contributed by atoms with E-state index in [1.165, 1.54) is 11.0 Å². The molecule has 0 radical (unpaired) electrons. The zero-order valence-electron chi connectivity index (χ0n) is 20.3. The number of ether oxygens (including phenoxy) is 1. The fourth-order valence-corrected chi connectivity index (χ4v) is 4.57. The number of carbonyl (C=O) groups excluding carboxylic acids is 2. The van der Waals surface area contributed by atoms with Crippen LogP contribution >= 0.6 is 7.60 Å². The lowest BCUT2D eigenvalue weighted by molar-refractivity contribution is -0.134. The van der Waals surface area contributed by atoms with Crippen molar-refractivity contribution in [2.75, 3.05) is 46.1 Å². The summed E-state index contributed by atoms with van der Waals surface area (Å²) in [6.45, 7) is 0.659. The molecule has 2 heterocycles. The number of carbonyl (C=O) groups is 3. The van der Waals surface area contributed by atoms with Crippen molar-refractivity contribution in [3.05, 3.63) is 47.8 Å². The number of amides is 3. The van der Waals surface area contributed by atoms with Crippen molar-refractivity contribution in [3.63, 3.8) is 0 Å². The van der Waals surface area contributed by atoms with Crippen LogP contribution in [0.2, 0.25) is 0 Å². The highest BCUT2D eigenvalue weighted by atomic mass is 31.2. The molecule has 3 amide bonds. The SMILES string of the molecule is COCCCc1cc(C(=O)N[C@@H](CP(=O)(O)O)C(=O)N2CCN(C(=O)O)CC2)nc(-c2ccccc2)n1. The van der Waals surface area contributed by atoms with Gasteiger partial charge in [-0.2, -0.15) is 0 Å². The fraction of sp³-hybridized carbons (Fsp3) is 0.435. The number of benzene rings is 1. The Labute approximate surface area is 213 Å². The second-order valence-electron chi connectivity index (χ2n) is 8.50. The molecule has 1 saturated heterocycles. The van der Waals surface area contributed by atoms with Gasteiger partial charge in [-0.1, -0.05) is 30.3 Å². The molecule has 37 heavy (non-hydrogen) atoms. The molecule has 1 aromatic heterocycles. The lowest BCUT2D eigenvalue weighted by Gasteiger charge is -2.35. The summed E-state index contributed by atoms with van der Waals surface area (Å²) in [5.74, 6) is -1.20. The topological polar surface area (TPSA) is 182 Å². The normalized spacial score (nSPS) is 14.8. The molecule has 1 aliphatic heterocycles. The van der Waals surface area contributed by atoms with Crippen LogP contribution in [-0.2, 0) is 20.5 Å². The average Bonchev–Trinajstić information content (AvgIpc) is 2.87. The molecule has 200 valence electrons. The van der Waals surface area contributed by atoms with E-state index in [1.807, 2.05) is 6.07 Å². The number of aromatic nitrogens is 2. The second-order valence-corrected chi connectivity index (χ2v) is 10.2. The van der Waals surface area contributed by atoms with E-state index < -0.39 is 37.7 Å². The van der Waals surface area contributed by atoms with Gasteiger partial charge in [-0.3, -0.25) is 14.2 Å². The number of hydrogen-bond donors (Lipinski definition) is 4. The van der Waals surface area contributed by atoms with Crippen molar-refractivity contribution in [3.8, 4) is 11.4 Å². The van der Waals surface area contributed by atoms with E-state index >= 15 is 0 Å². The third-order valence-corrected chi connectivity index (χ3v) is 6.55. The maximum absolute atomic E-state index is 13.2. The fourth-order valence-electron chi connectivity index (χ4n) is 3.85. The maximum Gasteiger partial charge on any atom is 0.407 e. The monoisotopic (exact) mass is 535 g/mol. The van der Waals surface area contributed by atoms with Crippen molar-refractivity contribution in [2.45, 2.75) is 18.9 Å². The van der Waals surface area contributed by atoms with Crippen molar-refractivity contribution in [1.82, 2.24) is 25.1 Å². The van der Waals surface area contributed by atoms with Crippen LogP contribution in [0.1, 0.15) is 22.6 Å². The van der Waals surface area contributed by atoms with Gasteiger partial charge in [-0.05, 0) is 18.9 Å². The zero-order chi connectivity index (χ0) is 27.0. The third-order valence-electron chi connectivity index (χ3n) is 5.71. The summed E-state index contributed by atoms with van der Waals surface area (Å²) in [5, 5.41) is 11.5. The molecule has 0 bridgehead atoms. The lowest BCUT2D eigenvalue weighted by Crippen LogP contribution is -2.56. The third kappa shape index (κ3) is 8.32. The second kappa shape index (κ2) is 12.7. The van der Waals surface area contributed by atoms with Gasteiger partial charge >= 0.3 is 13.7 Å². The van der Waals surface area contributed by atoms with Gasteiger partial charge in [0.1, 0.15) is 11.7 Å². The number of carboxylic acid groups (broad SMARTS) is 1. The highest BCUT2D eigenvalue weighted by Gasteiger charge is 2.34. The van der Waals surface area contributed by atoms with Gasteiger partial charge in [0.05, 0.1) is 6.16 Å². The first-order valence-electron chi connectivity index (χ1n) is 11.6. The molecule has 14 heteroatoms. The van der Waals surface area contributed by atoms with Crippen molar-refractivity contribution >= 4 is 25.5 Å². The molecule has 2 aromatic rings. The van der Waals surface area contributed by atoms with Gasteiger partial charge in [0.2, 0.25) is 5.91 Å². The molecule has 1 aliphatic rings. The van der Waals surface area contributed by atoms with E-state index in [0.717, 1.165) is 4.90 Å². The van der Waals surface area contributed by atoms with Gasteiger partial charge in [0, 0.05) is 51.2 Å². The molecule has 0 spiro atoms.